The summed E-state index contributed by atoms with van der Waals surface area (Å²) in [6, 6.07) is 0. The Balaban J connectivity index is 1.86. The molecule has 0 N–H and O–H groups in total. The van der Waals surface area contributed by atoms with Gasteiger partial charge in [0.25, 0.3) is 0 Å². The van der Waals surface area contributed by atoms with Gasteiger partial charge in [0.1, 0.15) is 0 Å². The number of unbranched alkanes of at least 4 members (excludes halogenated alkanes) is 8. The van der Waals surface area contributed by atoms with Crippen molar-refractivity contribution in [2.24, 2.45) is 0 Å². The lowest BCUT2D eigenvalue weighted by Gasteiger charge is -2.15. The third-order valence-corrected chi connectivity index (χ3v) is 4.73. The van der Waals surface area contributed by atoms with E-state index < -0.39 is 0 Å². The van der Waals surface area contributed by atoms with Crippen molar-refractivity contribution in [3.63, 3.8) is 0 Å². The molecule has 112 valence electrons. The zero-order chi connectivity index (χ0) is 13.9. The second-order valence-corrected chi connectivity index (χ2v) is 7.10. The standard InChI is InChI=1S/C16H30BrNO/c1-2-3-4-5-6-7-8-9-10-11-16(19)18-13-12-15(17)14-18/h15H,2-14H2,1H3. The molecule has 19 heavy (non-hydrogen) atoms. The van der Waals surface area contributed by atoms with E-state index in [0.717, 1.165) is 32.4 Å². The van der Waals surface area contributed by atoms with Crippen LogP contribution in [0, 0.1) is 0 Å². The summed E-state index contributed by atoms with van der Waals surface area (Å²) in [6.45, 7) is 4.12. The lowest BCUT2D eigenvalue weighted by Crippen LogP contribution is -2.28. The van der Waals surface area contributed by atoms with Gasteiger partial charge in [-0.05, 0) is 12.8 Å². The number of carbonyl (C=O) groups is 1. The highest BCUT2D eigenvalue weighted by atomic mass is 79.9. The van der Waals surface area contributed by atoms with Crippen molar-refractivity contribution < 1.29 is 4.79 Å². The summed E-state index contributed by atoms with van der Waals surface area (Å²) in [5.41, 5.74) is 0. The van der Waals surface area contributed by atoms with Gasteiger partial charge in [0.05, 0.1) is 0 Å². The molecular formula is C16H30BrNO. The van der Waals surface area contributed by atoms with Crippen LogP contribution in [-0.4, -0.2) is 28.7 Å². The van der Waals surface area contributed by atoms with Crippen LogP contribution in [0.2, 0.25) is 0 Å². The fourth-order valence-electron chi connectivity index (χ4n) is 2.69. The number of likely N-dealkylation sites (tertiary alicyclic amines) is 1. The van der Waals surface area contributed by atoms with Crippen LogP contribution in [-0.2, 0) is 4.79 Å². The van der Waals surface area contributed by atoms with E-state index in [1.807, 2.05) is 4.90 Å². The van der Waals surface area contributed by atoms with Crippen molar-refractivity contribution in [1.29, 1.82) is 0 Å². The molecule has 1 aliphatic rings. The third kappa shape index (κ3) is 7.96. The molecule has 1 rings (SSSR count). The second kappa shape index (κ2) is 10.7. The molecule has 1 unspecified atom stereocenters. The van der Waals surface area contributed by atoms with Crippen molar-refractivity contribution >= 4 is 21.8 Å². The van der Waals surface area contributed by atoms with Crippen molar-refractivity contribution in [2.45, 2.75) is 82.4 Å². The van der Waals surface area contributed by atoms with Crippen LogP contribution in [0.4, 0.5) is 0 Å². The Morgan fingerprint density at radius 3 is 2.16 bits per heavy atom. The first-order valence-corrected chi connectivity index (χ1v) is 9.07. The largest absolute Gasteiger partial charge is 0.342 e. The van der Waals surface area contributed by atoms with E-state index in [-0.39, 0.29) is 0 Å². The maximum atomic E-state index is 11.9. The van der Waals surface area contributed by atoms with Gasteiger partial charge in [-0.1, -0.05) is 74.2 Å². The predicted molar refractivity (Wildman–Crippen MR) is 85.8 cm³/mol. The Morgan fingerprint density at radius 2 is 1.63 bits per heavy atom. The quantitative estimate of drug-likeness (QED) is 0.411. The van der Waals surface area contributed by atoms with Gasteiger partial charge in [0.2, 0.25) is 5.91 Å². The van der Waals surface area contributed by atoms with Crippen LogP contribution in [0.15, 0.2) is 0 Å². The van der Waals surface area contributed by atoms with E-state index in [2.05, 4.69) is 22.9 Å². The molecule has 0 bridgehead atoms. The minimum Gasteiger partial charge on any atom is -0.342 e. The van der Waals surface area contributed by atoms with Gasteiger partial charge in [0, 0.05) is 24.3 Å². The van der Waals surface area contributed by atoms with Crippen molar-refractivity contribution in [1.82, 2.24) is 4.90 Å². The molecule has 2 nitrogen and oxygen atoms in total. The number of alkyl halides is 1. The SMILES string of the molecule is CCCCCCCCCCCC(=O)N1CCC(Br)C1. The highest BCUT2D eigenvalue weighted by molar-refractivity contribution is 9.09. The van der Waals surface area contributed by atoms with Gasteiger partial charge in [-0.3, -0.25) is 4.79 Å². The highest BCUT2D eigenvalue weighted by Gasteiger charge is 2.23. The Kier molecular flexibility index (Phi) is 9.58. The lowest BCUT2D eigenvalue weighted by molar-refractivity contribution is -0.130. The van der Waals surface area contributed by atoms with Gasteiger partial charge in [-0.2, -0.15) is 0 Å². The molecule has 0 radical (unpaired) electrons. The van der Waals surface area contributed by atoms with Crippen LogP contribution >= 0.6 is 15.9 Å². The number of hydrogen-bond donors (Lipinski definition) is 0. The van der Waals surface area contributed by atoms with Crippen LogP contribution in [0.1, 0.15) is 77.6 Å². The summed E-state index contributed by atoms with van der Waals surface area (Å²) in [6.07, 6.45) is 13.7. The maximum Gasteiger partial charge on any atom is 0.222 e. The molecule has 1 heterocycles. The van der Waals surface area contributed by atoms with Crippen LogP contribution in [0.25, 0.3) is 0 Å². The molecular weight excluding hydrogens is 302 g/mol. The molecule has 1 atom stereocenters. The van der Waals surface area contributed by atoms with Gasteiger partial charge < -0.3 is 4.90 Å². The average Bonchev–Trinajstić information content (AvgIpc) is 2.83. The Labute approximate surface area is 127 Å². The first-order chi connectivity index (χ1) is 9.24. The zero-order valence-corrected chi connectivity index (χ0v) is 14.1. The number of hydrogen-bond acceptors (Lipinski definition) is 1. The van der Waals surface area contributed by atoms with Crippen molar-refractivity contribution in [3.05, 3.63) is 0 Å². The topological polar surface area (TPSA) is 20.3 Å². The number of carbonyl (C=O) groups excluding carboxylic acids is 1. The summed E-state index contributed by atoms with van der Waals surface area (Å²) in [5.74, 6) is 0.366. The van der Waals surface area contributed by atoms with Crippen molar-refractivity contribution in [2.75, 3.05) is 13.1 Å². The van der Waals surface area contributed by atoms with E-state index in [9.17, 15) is 4.79 Å². The molecule has 0 aliphatic carbocycles. The molecule has 0 saturated carbocycles. The van der Waals surface area contributed by atoms with Gasteiger partial charge in [-0.15, -0.1) is 0 Å². The van der Waals surface area contributed by atoms with Crippen LogP contribution in [0.5, 0.6) is 0 Å². The Morgan fingerprint density at radius 1 is 1.05 bits per heavy atom. The molecule has 0 aromatic heterocycles. The summed E-state index contributed by atoms with van der Waals surface area (Å²) < 4.78 is 0. The number of rotatable bonds is 10. The van der Waals surface area contributed by atoms with Crippen LogP contribution in [0.3, 0.4) is 0 Å². The average molecular weight is 332 g/mol. The van der Waals surface area contributed by atoms with E-state index >= 15 is 0 Å². The lowest BCUT2D eigenvalue weighted by atomic mass is 10.1. The van der Waals surface area contributed by atoms with Gasteiger partial charge >= 0.3 is 0 Å². The minimum atomic E-state index is 0.366. The van der Waals surface area contributed by atoms with E-state index in [1.54, 1.807) is 0 Å². The van der Waals surface area contributed by atoms with Crippen LogP contribution < -0.4 is 0 Å². The first kappa shape index (κ1) is 17.0. The van der Waals surface area contributed by atoms with E-state index in [4.69, 9.17) is 0 Å². The third-order valence-electron chi connectivity index (χ3n) is 3.98. The van der Waals surface area contributed by atoms with Crippen molar-refractivity contribution in [3.8, 4) is 0 Å². The molecule has 3 heteroatoms. The summed E-state index contributed by atoms with van der Waals surface area (Å²) in [4.78, 5) is 14.4. The maximum absolute atomic E-state index is 11.9. The fourth-order valence-corrected chi connectivity index (χ4v) is 3.24. The molecule has 0 spiro atoms. The predicted octanol–water partition coefficient (Wildman–Crippen LogP) is 4.90. The Hall–Kier alpha value is -0.0500. The van der Waals surface area contributed by atoms with E-state index in [0.29, 0.717) is 10.7 Å². The monoisotopic (exact) mass is 331 g/mol. The number of amides is 1. The zero-order valence-electron chi connectivity index (χ0n) is 12.5. The molecule has 1 saturated heterocycles. The van der Waals surface area contributed by atoms with Gasteiger partial charge in [0.15, 0.2) is 0 Å². The number of nitrogens with zero attached hydrogens (tertiary/aromatic N) is 1. The summed E-state index contributed by atoms with van der Waals surface area (Å²) >= 11 is 3.58. The summed E-state index contributed by atoms with van der Waals surface area (Å²) in [7, 11) is 0. The molecule has 0 aromatic rings. The molecule has 1 amide bonds. The molecule has 1 aliphatic heterocycles. The Bertz CT molecular complexity index is 245. The van der Waals surface area contributed by atoms with Gasteiger partial charge in [-0.25, -0.2) is 0 Å². The first-order valence-electron chi connectivity index (χ1n) is 8.16. The molecule has 0 aromatic carbocycles. The summed E-state index contributed by atoms with van der Waals surface area (Å²) in [5, 5.41) is 0. The molecule has 1 fully saturated rings. The smallest absolute Gasteiger partial charge is 0.222 e. The normalized spacial score (nSPS) is 19.1. The minimum absolute atomic E-state index is 0.366. The second-order valence-electron chi connectivity index (χ2n) is 5.80. The van der Waals surface area contributed by atoms with E-state index in [1.165, 1.54) is 51.4 Å². The number of halogens is 1. The highest BCUT2D eigenvalue weighted by Crippen LogP contribution is 2.18. The fraction of sp³-hybridized carbons (Fsp3) is 0.938.